The highest BCUT2D eigenvalue weighted by Crippen LogP contribution is 2.32. The SMILES string of the molecule is Cc1c(Br)cc(C(=O)NC2(C)CCC2)cc1S(=O)(=O)Cl. The Morgan fingerprint density at radius 2 is 2.00 bits per heavy atom. The summed E-state index contributed by atoms with van der Waals surface area (Å²) < 4.78 is 23.6. The molecule has 1 fully saturated rings. The molecule has 1 aliphatic rings. The van der Waals surface area contributed by atoms with Crippen LogP contribution in [0.15, 0.2) is 21.5 Å². The van der Waals surface area contributed by atoms with Crippen molar-refractivity contribution in [1.82, 2.24) is 5.32 Å². The van der Waals surface area contributed by atoms with Gasteiger partial charge in [0.25, 0.3) is 15.0 Å². The highest BCUT2D eigenvalue weighted by molar-refractivity contribution is 9.10. The second-order valence-electron chi connectivity index (χ2n) is 5.39. The number of halogens is 2. The first-order valence-corrected chi connectivity index (χ1v) is 9.30. The van der Waals surface area contributed by atoms with Crippen molar-refractivity contribution in [3.63, 3.8) is 0 Å². The molecule has 1 saturated carbocycles. The first kappa shape index (κ1) is 15.8. The summed E-state index contributed by atoms with van der Waals surface area (Å²) in [5, 5.41) is 2.94. The van der Waals surface area contributed by atoms with E-state index in [4.69, 9.17) is 10.7 Å². The molecule has 0 heterocycles. The Morgan fingerprint density at radius 3 is 2.45 bits per heavy atom. The van der Waals surface area contributed by atoms with E-state index >= 15 is 0 Å². The van der Waals surface area contributed by atoms with E-state index in [-0.39, 0.29) is 21.9 Å². The smallest absolute Gasteiger partial charge is 0.261 e. The van der Waals surface area contributed by atoms with Gasteiger partial charge in [0.2, 0.25) is 0 Å². The third kappa shape index (κ3) is 3.18. The van der Waals surface area contributed by atoms with E-state index in [0.29, 0.717) is 10.0 Å². The van der Waals surface area contributed by atoms with Crippen molar-refractivity contribution < 1.29 is 13.2 Å². The van der Waals surface area contributed by atoms with Crippen molar-refractivity contribution in [2.45, 2.75) is 43.5 Å². The van der Waals surface area contributed by atoms with Gasteiger partial charge >= 0.3 is 0 Å². The molecule has 0 radical (unpaired) electrons. The molecule has 1 aromatic rings. The summed E-state index contributed by atoms with van der Waals surface area (Å²) >= 11 is 3.27. The number of hydrogen-bond acceptors (Lipinski definition) is 3. The molecule has 0 spiro atoms. The van der Waals surface area contributed by atoms with Gasteiger partial charge in [-0.25, -0.2) is 8.42 Å². The second kappa shape index (κ2) is 5.31. The molecule has 1 amide bonds. The van der Waals surface area contributed by atoms with Crippen LogP contribution in [0.4, 0.5) is 0 Å². The Morgan fingerprint density at radius 1 is 1.40 bits per heavy atom. The molecular formula is C13H15BrClNO3S. The van der Waals surface area contributed by atoms with Crippen LogP contribution in [0.25, 0.3) is 0 Å². The maximum atomic E-state index is 12.2. The van der Waals surface area contributed by atoms with Crippen molar-refractivity contribution in [2.24, 2.45) is 0 Å². The summed E-state index contributed by atoms with van der Waals surface area (Å²) in [6.07, 6.45) is 2.97. The zero-order chi connectivity index (χ0) is 15.1. The first-order chi connectivity index (χ1) is 9.12. The third-order valence-electron chi connectivity index (χ3n) is 3.69. The maximum absolute atomic E-state index is 12.2. The van der Waals surface area contributed by atoms with Crippen LogP contribution in [-0.4, -0.2) is 19.9 Å². The van der Waals surface area contributed by atoms with Crippen LogP contribution in [0, 0.1) is 6.92 Å². The quantitative estimate of drug-likeness (QED) is 0.818. The van der Waals surface area contributed by atoms with Gasteiger partial charge in [0, 0.05) is 26.3 Å². The molecule has 1 N–H and O–H groups in total. The summed E-state index contributed by atoms with van der Waals surface area (Å²) in [7, 11) is 1.52. The van der Waals surface area contributed by atoms with E-state index < -0.39 is 9.05 Å². The van der Waals surface area contributed by atoms with E-state index in [0.717, 1.165) is 19.3 Å². The molecule has 1 aromatic carbocycles. The van der Waals surface area contributed by atoms with Crippen molar-refractivity contribution in [3.05, 3.63) is 27.7 Å². The van der Waals surface area contributed by atoms with Crippen LogP contribution in [-0.2, 0) is 9.05 Å². The van der Waals surface area contributed by atoms with Gasteiger partial charge in [0.15, 0.2) is 0 Å². The van der Waals surface area contributed by atoms with Gasteiger partial charge in [-0.05, 0) is 50.8 Å². The minimum atomic E-state index is -3.89. The number of hydrogen-bond donors (Lipinski definition) is 1. The number of rotatable bonds is 3. The molecule has 4 nitrogen and oxygen atoms in total. The van der Waals surface area contributed by atoms with Gasteiger partial charge in [-0.3, -0.25) is 4.79 Å². The van der Waals surface area contributed by atoms with Crippen LogP contribution in [0.3, 0.4) is 0 Å². The highest BCUT2D eigenvalue weighted by atomic mass is 79.9. The largest absolute Gasteiger partial charge is 0.347 e. The summed E-state index contributed by atoms with van der Waals surface area (Å²) in [5.41, 5.74) is 0.593. The molecule has 0 aliphatic heterocycles. The molecular weight excluding hydrogens is 366 g/mol. The van der Waals surface area contributed by atoms with Crippen molar-refractivity contribution in [3.8, 4) is 0 Å². The molecule has 110 valence electrons. The normalized spacial score (nSPS) is 17.4. The van der Waals surface area contributed by atoms with E-state index in [1.807, 2.05) is 6.92 Å². The van der Waals surface area contributed by atoms with Gasteiger partial charge in [-0.15, -0.1) is 0 Å². The monoisotopic (exact) mass is 379 g/mol. The number of carbonyl (C=O) groups excluding carboxylic acids is 1. The molecule has 0 atom stereocenters. The standard InChI is InChI=1S/C13H15BrClNO3S/c1-8-10(14)6-9(7-11(8)20(15,18)19)12(17)16-13(2)4-3-5-13/h6-7H,3-5H2,1-2H3,(H,16,17). The summed E-state index contributed by atoms with van der Waals surface area (Å²) in [6.45, 7) is 3.62. The minimum absolute atomic E-state index is 0.0440. The third-order valence-corrected chi connectivity index (χ3v) is 5.97. The fourth-order valence-corrected chi connectivity index (χ4v) is 4.03. The van der Waals surface area contributed by atoms with E-state index in [9.17, 15) is 13.2 Å². The molecule has 20 heavy (non-hydrogen) atoms. The lowest BCUT2D eigenvalue weighted by molar-refractivity contribution is 0.0850. The van der Waals surface area contributed by atoms with Crippen LogP contribution in [0.1, 0.15) is 42.1 Å². The number of nitrogens with one attached hydrogen (secondary N) is 1. The van der Waals surface area contributed by atoms with Gasteiger partial charge in [0.05, 0.1) is 4.90 Å². The van der Waals surface area contributed by atoms with Gasteiger partial charge in [-0.2, -0.15) is 0 Å². The van der Waals surface area contributed by atoms with Crippen LogP contribution >= 0.6 is 26.6 Å². The number of carbonyl (C=O) groups is 1. The lowest BCUT2D eigenvalue weighted by atomic mass is 9.78. The molecule has 0 bridgehead atoms. The fraction of sp³-hybridized carbons (Fsp3) is 0.462. The van der Waals surface area contributed by atoms with Crippen molar-refractivity contribution >= 4 is 41.6 Å². The molecule has 1 aliphatic carbocycles. The Balaban J connectivity index is 2.38. The molecule has 7 heteroatoms. The topological polar surface area (TPSA) is 63.2 Å². The number of benzene rings is 1. The van der Waals surface area contributed by atoms with Crippen LogP contribution < -0.4 is 5.32 Å². The molecule has 2 rings (SSSR count). The Hall–Kier alpha value is -0.590. The Bertz CT molecular complexity index is 668. The predicted octanol–water partition coefficient (Wildman–Crippen LogP) is 3.36. The van der Waals surface area contributed by atoms with Crippen molar-refractivity contribution in [1.29, 1.82) is 0 Å². The zero-order valence-electron chi connectivity index (χ0n) is 11.2. The van der Waals surface area contributed by atoms with Gasteiger partial charge in [0.1, 0.15) is 0 Å². The minimum Gasteiger partial charge on any atom is -0.347 e. The Kier molecular flexibility index (Phi) is 4.19. The van der Waals surface area contributed by atoms with E-state index in [2.05, 4.69) is 21.2 Å². The lowest BCUT2D eigenvalue weighted by Crippen LogP contribution is -2.50. The number of amides is 1. The molecule has 0 unspecified atom stereocenters. The van der Waals surface area contributed by atoms with E-state index in [1.165, 1.54) is 6.07 Å². The van der Waals surface area contributed by atoms with E-state index in [1.54, 1.807) is 13.0 Å². The van der Waals surface area contributed by atoms with Gasteiger partial charge < -0.3 is 5.32 Å². The zero-order valence-corrected chi connectivity index (χ0v) is 14.3. The molecule has 0 saturated heterocycles. The first-order valence-electron chi connectivity index (χ1n) is 6.20. The summed E-state index contributed by atoms with van der Waals surface area (Å²) in [5.74, 6) is -0.283. The maximum Gasteiger partial charge on any atom is 0.261 e. The summed E-state index contributed by atoms with van der Waals surface area (Å²) in [6, 6.07) is 2.93. The average Bonchev–Trinajstić information content (AvgIpc) is 2.28. The molecule has 0 aromatic heterocycles. The lowest BCUT2D eigenvalue weighted by Gasteiger charge is -2.39. The predicted molar refractivity (Wildman–Crippen MR) is 81.6 cm³/mol. The van der Waals surface area contributed by atoms with Gasteiger partial charge in [-0.1, -0.05) is 15.9 Å². The second-order valence-corrected chi connectivity index (χ2v) is 8.78. The summed E-state index contributed by atoms with van der Waals surface area (Å²) in [4.78, 5) is 12.2. The average molecular weight is 381 g/mol. The Labute approximate surface area is 131 Å². The van der Waals surface area contributed by atoms with Crippen LogP contribution in [0.2, 0.25) is 0 Å². The van der Waals surface area contributed by atoms with Crippen molar-refractivity contribution in [2.75, 3.05) is 0 Å². The fourth-order valence-electron chi connectivity index (χ4n) is 2.22. The highest BCUT2D eigenvalue weighted by Gasteiger charge is 2.33. The van der Waals surface area contributed by atoms with Crippen LogP contribution in [0.5, 0.6) is 0 Å².